The van der Waals surface area contributed by atoms with Crippen LogP contribution in [-0.2, 0) is 25.6 Å². The molecule has 7 atom stereocenters. The zero-order chi connectivity index (χ0) is 31.6. The third-order valence-electron chi connectivity index (χ3n) is 9.21. The topological polar surface area (TPSA) is 201 Å². The van der Waals surface area contributed by atoms with Gasteiger partial charge in [-0.15, -0.1) is 0 Å². The monoisotopic (exact) mass is 586 g/mol. The molecule has 2 fully saturated rings. The molecule has 1 amide bonds. The fourth-order valence-corrected chi connectivity index (χ4v) is 7.16. The Bertz CT molecular complexity index is 1390. The van der Waals surface area contributed by atoms with Crippen molar-refractivity contribution < 1.29 is 39.1 Å². The van der Waals surface area contributed by atoms with Crippen molar-refractivity contribution in [1.29, 1.82) is 0 Å². The molecular weight excluding hydrogens is 548 g/mol. The molecular formula is C29H38N4O9. The first-order valence-electron chi connectivity index (χ1n) is 14.1. The van der Waals surface area contributed by atoms with Crippen molar-refractivity contribution in [3.05, 3.63) is 27.3 Å². The third-order valence-corrected chi connectivity index (χ3v) is 9.21. The highest BCUT2D eigenvalue weighted by Crippen LogP contribution is 2.53. The standard InChI is InChI=1S/C29H38N4O9/c1-7-13(4)32(11-12(2)3)17-10-18(33(41)42)23(34)20-15(17)8-14-9-16-22(31(5)6)25(36)21(28(30)39)27(38)29(16,40)26(37)19(14)24(20)35/h10,12-14,16,19,21-22,34,40H,7-9,11H2,1-6H3,(H2,30,39)/t13?,14?,16?,19?,21?,22-,29-/m0/s1. The van der Waals surface area contributed by atoms with Gasteiger partial charge in [-0.2, -0.15) is 0 Å². The van der Waals surface area contributed by atoms with Gasteiger partial charge in [0.2, 0.25) is 11.7 Å². The van der Waals surface area contributed by atoms with Gasteiger partial charge in [0.1, 0.15) is 0 Å². The Morgan fingerprint density at radius 1 is 1.19 bits per heavy atom. The number of hydrogen-bond donors (Lipinski definition) is 3. The van der Waals surface area contributed by atoms with Crippen molar-refractivity contribution in [3.63, 3.8) is 0 Å². The lowest BCUT2D eigenvalue weighted by Crippen LogP contribution is -2.74. The van der Waals surface area contributed by atoms with Crippen LogP contribution in [-0.4, -0.2) is 87.4 Å². The molecule has 13 nitrogen and oxygen atoms in total. The number of hydrogen-bond acceptors (Lipinski definition) is 11. The Morgan fingerprint density at radius 2 is 1.81 bits per heavy atom. The van der Waals surface area contributed by atoms with Crippen molar-refractivity contribution in [3.8, 4) is 5.75 Å². The lowest BCUT2D eigenvalue weighted by atomic mass is 9.52. The summed E-state index contributed by atoms with van der Waals surface area (Å²) in [6.45, 7) is 8.36. The lowest BCUT2D eigenvalue weighted by Gasteiger charge is -2.52. The normalized spacial score (nSPS) is 29.7. The number of amides is 1. The van der Waals surface area contributed by atoms with Gasteiger partial charge in [-0.3, -0.25) is 39.0 Å². The molecule has 4 N–H and O–H groups in total. The summed E-state index contributed by atoms with van der Waals surface area (Å²) in [5.74, 6) is -12.1. The van der Waals surface area contributed by atoms with Crippen LogP contribution < -0.4 is 10.6 Å². The number of nitrogens with zero attached hydrogens (tertiary/aromatic N) is 3. The Labute approximate surface area is 243 Å². The maximum atomic E-state index is 14.1. The summed E-state index contributed by atoms with van der Waals surface area (Å²) in [4.78, 5) is 81.6. The lowest BCUT2D eigenvalue weighted by molar-refractivity contribution is -0.385. The van der Waals surface area contributed by atoms with E-state index in [0.717, 1.165) is 0 Å². The minimum Gasteiger partial charge on any atom is -0.502 e. The van der Waals surface area contributed by atoms with Crippen molar-refractivity contribution in [2.24, 2.45) is 35.3 Å². The van der Waals surface area contributed by atoms with Gasteiger partial charge in [-0.05, 0) is 57.7 Å². The Kier molecular flexibility index (Phi) is 8.06. The molecule has 2 saturated carbocycles. The highest BCUT2D eigenvalue weighted by atomic mass is 16.6. The maximum absolute atomic E-state index is 14.1. The number of carbonyl (C=O) groups is 5. The van der Waals surface area contributed by atoms with E-state index in [1.165, 1.54) is 25.1 Å². The van der Waals surface area contributed by atoms with Crippen LogP contribution in [0.3, 0.4) is 0 Å². The smallest absolute Gasteiger partial charge is 0.313 e. The average molecular weight is 587 g/mol. The number of primary amides is 1. The van der Waals surface area contributed by atoms with Crippen LogP contribution in [0.25, 0.3) is 0 Å². The van der Waals surface area contributed by atoms with Crippen LogP contribution in [0, 0.1) is 39.7 Å². The summed E-state index contributed by atoms with van der Waals surface area (Å²) >= 11 is 0. The molecule has 3 aliphatic carbocycles. The summed E-state index contributed by atoms with van der Waals surface area (Å²) < 4.78 is 0. The highest BCUT2D eigenvalue weighted by Gasteiger charge is 2.69. The largest absolute Gasteiger partial charge is 0.502 e. The SMILES string of the molecule is CCC(C)N(CC(C)C)c1cc([N+](=O)[O-])c(O)c2c1CC1CC3[C@H](N(C)C)C(=O)C(C(N)=O)C(=O)[C@@]3(O)C(=O)C1C2=O. The Balaban J connectivity index is 1.95. The van der Waals surface area contributed by atoms with Gasteiger partial charge in [0.15, 0.2) is 34.7 Å². The molecule has 0 heterocycles. The zero-order valence-corrected chi connectivity index (χ0v) is 24.6. The number of rotatable bonds is 8. The number of fused-ring (bicyclic) bond motifs is 3. The van der Waals surface area contributed by atoms with Gasteiger partial charge in [-0.25, -0.2) is 0 Å². The minimum atomic E-state index is -2.86. The molecule has 0 saturated heterocycles. The summed E-state index contributed by atoms with van der Waals surface area (Å²) in [6, 6.07) is -0.0525. The molecule has 0 radical (unpaired) electrons. The van der Waals surface area contributed by atoms with Crippen LogP contribution in [0.4, 0.5) is 11.4 Å². The first kappa shape index (κ1) is 31.2. The van der Waals surface area contributed by atoms with Gasteiger partial charge in [0.25, 0.3) is 0 Å². The van der Waals surface area contributed by atoms with E-state index in [-0.39, 0.29) is 30.4 Å². The summed E-state index contributed by atoms with van der Waals surface area (Å²) in [6.07, 6.45) is 0.603. The van der Waals surface area contributed by atoms with Gasteiger partial charge in [0.05, 0.1) is 22.4 Å². The predicted octanol–water partition coefficient (Wildman–Crippen LogP) is 1.04. The molecule has 228 valence electrons. The van der Waals surface area contributed by atoms with Crippen molar-refractivity contribution >= 4 is 40.4 Å². The summed E-state index contributed by atoms with van der Waals surface area (Å²) in [5.41, 5.74) is 2.13. The van der Waals surface area contributed by atoms with Crippen LogP contribution >= 0.6 is 0 Å². The molecule has 4 rings (SSSR count). The number of aromatic hydroxyl groups is 1. The van der Waals surface area contributed by atoms with Crippen LogP contribution in [0.15, 0.2) is 6.07 Å². The van der Waals surface area contributed by atoms with E-state index in [1.807, 2.05) is 32.6 Å². The summed E-state index contributed by atoms with van der Waals surface area (Å²) in [7, 11) is 3.03. The molecule has 42 heavy (non-hydrogen) atoms. The van der Waals surface area contributed by atoms with E-state index in [2.05, 4.69) is 0 Å². The molecule has 0 bridgehead atoms. The number of ketones is 4. The number of phenols is 1. The molecule has 1 aromatic rings. The Hall–Kier alpha value is -3.71. The number of benzene rings is 1. The van der Waals surface area contributed by atoms with E-state index >= 15 is 0 Å². The maximum Gasteiger partial charge on any atom is 0.313 e. The van der Waals surface area contributed by atoms with Crippen molar-refractivity contribution in [2.75, 3.05) is 25.5 Å². The quantitative estimate of drug-likeness (QED) is 0.223. The number of Topliss-reactive ketones (excluding diaryl/α,β-unsaturated/α-hetero) is 4. The highest BCUT2D eigenvalue weighted by molar-refractivity contribution is 6.32. The van der Waals surface area contributed by atoms with Crippen molar-refractivity contribution in [1.82, 2.24) is 4.90 Å². The second kappa shape index (κ2) is 10.8. The predicted molar refractivity (Wildman–Crippen MR) is 150 cm³/mol. The first-order chi connectivity index (χ1) is 19.5. The van der Waals surface area contributed by atoms with E-state index in [4.69, 9.17) is 5.73 Å². The number of phenolic OH excluding ortho intramolecular Hbond substituents is 1. The number of aliphatic hydroxyl groups is 1. The number of likely N-dealkylation sites (N-methyl/N-ethyl adjacent to an activating group) is 1. The zero-order valence-electron chi connectivity index (χ0n) is 24.6. The average Bonchev–Trinajstić information content (AvgIpc) is 2.88. The number of carbonyl (C=O) groups excluding carboxylic acids is 5. The molecule has 5 unspecified atom stereocenters. The van der Waals surface area contributed by atoms with E-state index < -0.39 is 80.7 Å². The fourth-order valence-electron chi connectivity index (χ4n) is 7.16. The van der Waals surface area contributed by atoms with Crippen molar-refractivity contribution in [2.45, 2.75) is 64.6 Å². The number of anilines is 1. The number of nitro benzene ring substituents is 1. The molecule has 1 aromatic carbocycles. The number of nitrogens with two attached hydrogens (primary N) is 1. The van der Waals surface area contributed by atoms with E-state index in [0.29, 0.717) is 24.2 Å². The molecule has 3 aliphatic rings. The van der Waals surface area contributed by atoms with E-state index in [1.54, 1.807) is 0 Å². The van der Waals surface area contributed by atoms with Gasteiger partial charge < -0.3 is 20.8 Å². The van der Waals surface area contributed by atoms with E-state index in [9.17, 15) is 44.3 Å². The molecule has 0 aromatic heterocycles. The second-order valence-electron chi connectivity index (χ2n) is 12.5. The molecule has 0 aliphatic heterocycles. The Morgan fingerprint density at radius 3 is 2.31 bits per heavy atom. The number of nitro groups is 1. The van der Waals surface area contributed by atoms with Crippen LogP contribution in [0.1, 0.15) is 56.5 Å². The fraction of sp³-hybridized carbons (Fsp3) is 0.621. The molecule has 0 spiro atoms. The van der Waals surface area contributed by atoms with Gasteiger partial charge >= 0.3 is 5.69 Å². The first-order valence-corrected chi connectivity index (χ1v) is 14.1. The summed E-state index contributed by atoms with van der Waals surface area (Å²) in [5, 5.41) is 34.7. The second-order valence-corrected chi connectivity index (χ2v) is 12.5. The van der Waals surface area contributed by atoms with Gasteiger partial charge in [0, 0.05) is 30.3 Å². The van der Waals surface area contributed by atoms with Crippen LogP contribution in [0.5, 0.6) is 5.75 Å². The minimum absolute atomic E-state index is 0.0256. The van der Waals surface area contributed by atoms with Crippen LogP contribution in [0.2, 0.25) is 0 Å². The van der Waals surface area contributed by atoms with Gasteiger partial charge in [-0.1, -0.05) is 20.8 Å². The third kappa shape index (κ3) is 4.49. The molecule has 13 heteroatoms.